The molecular formula is C14H17BrN4O. The molecule has 0 aliphatic rings. The molecule has 0 saturated heterocycles. The zero-order valence-electron chi connectivity index (χ0n) is 11.6. The van der Waals surface area contributed by atoms with Crippen molar-refractivity contribution in [3.63, 3.8) is 0 Å². The van der Waals surface area contributed by atoms with E-state index in [1.165, 1.54) is 4.57 Å². The van der Waals surface area contributed by atoms with Gasteiger partial charge in [0.05, 0.1) is 0 Å². The second kappa shape index (κ2) is 5.38. The lowest BCUT2D eigenvalue weighted by Gasteiger charge is -2.18. The van der Waals surface area contributed by atoms with Gasteiger partial charge in [-0.25, -0.2) is 4.98 Å². The third-order valence-electron chi connectivity index (χ3n) is 2.92. The van der Waals surface area contributed by atoms with E-state index < -0.39 is 5.54 Å². The van der Waals surface area contributed by atoms with Gasteiger partial charge < -0.3 is 15.6 Å². The minimum atomic E-state index is -0.433. The first kappa shape index (κ1) is 14.7. The quantitative estimate of drug-likeness (QED) is 0.903. The molecule has 0 saturated carbocycles. The van der Waals surface area contributed by atoms with Gasteiger partial charge in [0.25, 0.3) is 5.56 Å². The van der Waals surface area contributed by atoms with Crippen molar-refractivity contribution >= 4 is 27.4 Å². The molecule has 3 N–H and O–H groups in total. The third-order valence-corrected chi connectivity index (χ3v) is 3.35. The summed E-state index contributed by atoms with van der Waals surface area (Å²) in [4.78, 5) is 16.3. The molecule has 2 rings (SSSR count). The summed E-state index contributed by atoms with van der Waals surface area (Å²) < 4.78 is 2.32. The van der Waals surface area contributed by atoms with E-state index >= 15 is 0 Å². The van der Waals surface area contributed by atoms with Gasteiger partial charge in [-0.2, -0.15) is 0 Å². The number of anilines is 2. The van der Waals surface area contributed by atoms with Crippen LogP contribution in [0, 0.1) is 0 Å². The summed E-state index contributed by atoms with van der Waals surface area (Å²) in [7, 11) is 1.70. The second-order valence-electron chi connectivity index (χ2n) is 5.27. The Kier molecular flexibility index (Phi) is 3.96. The highest BCUT2D eigenvalue weighted by atomic mass is 79.9. The number of rotatable bonds is 3. The van der Waals surface area contributed by atoms with Crippen LogP contribution in [0.1, 0.15) is 19.4 Å². The van der Waals surface area contributed by atoms with Gasteiger partial charge in [-0.1, -0.05) is 6.07 Å². The van der Waals surface area contributed by atoms with E-state index in [1.54, 1.807) is 25.5 Å². The van der Waals surface area contributed by atoms with Crippen molar-refractivity contribution in [2.24, 2.45) is 12.8 Å². The number of aromatic nitrogens is 2. The molecule has 0 bridgehead atoms. The molecule has 0 aromatic carbocycles. The number of aryl methyl sites for hydroxylation is 1. The normalized spacial score (nSPS) is 11.4. The molecule has 2 aromatic rings. The molecule has 0 radical (unpaired) electrons. The molecule has 0 fully saturated rings. The Morgan fingerprint density at radius 3 is 2.65 bits per heavy atom. The fraction of sp³-hybridized carbons (Fsp3) is 0.286. The third kappa shape index (κ3) is 3.26. The van der Waals surface area contributed by atoms with Crippen LogP contribution in [-0.2, 0) is 12.6 Å². The minimum Gasteiger partial charge on any atom is -0.336 e. The largest absolute Gasteiger partial charge is 0.336 e. The maximum atomic E-state index is 12.0. The summed E-state index contributed by atoms with van der Waals surface area (Å²) in [5.74, 6) is 0.605. The Balaban J connectivity index is 2.29. The number of nitrogens with one attached hydrogen (secondary N) is 1. The SMILES string of the molecule is Cn1cc(Br)cc(Nc2ccc(C(C)(C)N)cn2)c1=O. The molecule has 106 valence electrons. The molecule has 5 nitrogen and oxygen atoms in total. The molecule has 20 heavy (non-hydrogen) atoms. The van der Waals surface area contributed by atoms with E-state index in [0.29, 0.717) is 11.5 Å². The standard InChI is InChI=1S/C14H17BrN4O/c1-14(2,16)9-4-5-12(17-7-9)18-11-6-10(15)8-19(3)13(11)20/h4-8H,16H2,1-3H3,(H,17,18). The van der Waals surface area contributed by atoms with Crippen LogP contribution in [0.15, 0.2) is 39.9 Å². The molecule has 2 aromatic heterocycles. The van der Waals surface area contributed by atoms with E-state index in [1.807, 2.05) is 26.0 Å². The number of hydrogen-bond acceptors (Lipinski definition) is 4. The van der Waals surface area contributed by atoms with Gasteiger partial charge in [0, 0.05) is 29.5 Å². The van der Waals surface area contributed by atoms with Crippen LogP contribution in [-0.4, -0.2) is 9.55 Å². The number of hydrogen-bond donors (Lipinski definition) is 2. The predicted molar refractivity (Wildman–Crippen MR) is 84.1 cm³/mol. The van der Waals surface area contributed by atoms with Gasteiger partial charge in [-0.05, 0) is 47.5 Å². The topological polar surface area (TPSA) is 72.9 Å². The molecule has 6 heteroatoms. The first-order chi connectivity index (χ1) is 9.27. The van der Waals surface area contributed by atoms with Crippen LogP contribution in [0.25, 0.3) is 0 Å². The van der Waals surface area contributed by atoms with Gasteiger partial charge in [0.2, 0.25) is 0 Å². The van der Waals surface area contributed by atoms with Crippen LogP contribution in [0.4, 0.5) is 11.5 Å². The summed E-state index contributed by atoms with van der Waals surface area (Å²) in [6.45, 7) is 3.84. The van der Waals surface area contributed by atoms with Crippen LogP contribution in [0.5, 0.6) is 0 Å². The molecule has 0 aliphatic heterocycles. The minimum absolute atomic E-state index is 0.113. The van der Waals surface area contributed by atoms with Crippen LogP contribution >= 0.6 is 15.9 Å². The highest BCUT2D eigenvalue weighted by Crippen LogP contribution is 2.19. The maximum Gasteiger partial charge on any atom is 0.274 e. The van der Waals surface area contributed by atoms with Crippen LogP contribution < -0.4 is 16.6 Å². The Bertz CT molecular complexity index is 671. The van der Waals surface area contributed by atoms with Crippen molar-refractivity contribution < 1.29 is 0 Å². The Morgan fingerprint density at radius 2 is 2.10 bits per heavy atom. The lowest BCUT2D eigenvalue weighted by Crippen LogP contribution is -2.28. The average Bonchev–Trinajstić information content (AvgIpc) is 2.35. The molecule has 0 amide bonds. The average molecular weight is 337 g/mol. The molecule has 0 spiro atoms. The molecule has 0 unspecified atom stereocenters. The highest BCUT2D eigenvalue weighted by Gasteiger charge is 2.14. The number of nitrogens with two attached hydrogens (primary N) is 1. The van der Waals surface area contributed by atoms with Crippen molar-refractivity contribution in [3.8, 4) is 0 Å². The fourth-order valence-electron chi connectivity index (χ4n) is 1.75. The monoisotopic (exact) mass is 336 g/mol. The summed E-state index contributed by atoms with van der Waals surface area (Å²) in [6, 6.07) is 5.44. The first-order valence-electron chi connectivity index (χ1n) is 6.16. The Morgan fingerprint density at radius 1 is 1.40 bits per heavy atom. The van der Waals surface area contributed by atoms with E-state index in [2.05, 4.69) is 26.2 Å². The number of pyridine rings is 2. The molecular weight excluding hydrogens is 320 g/mol. The smallest absolute Gasteiger partial charge is 0.274 e. The van der Waals surface area contributed by atoms with Gasteiger partial charge in [-0.3, -0.25) is 4.79 Å². The summed E-state index contributed by atoms with van der Waals surface area (Å²) in [5.41, 5.74) is 6.86. The molecule has 0 aliphatic carbocycles. The van der Waals surface area contributed by atoms with Crippen LogP contribution in [0.2, 0.25) is 0 Å². The van der Waals surface area contributed by atoms with E-state index in [4.69, 9.17) is 5.73 Å². The number of halogens is 1. The van der Waals surface area contributed by atoms with Crippen molar-refractivity contribution in [3.05, 3.63) is 51.0 Å². The van der Waals surface area contributed by atoms with Crippen molar-refractivity contribution in [1.82, 2.24) is 9.55 Å². The zero-order valence-corrected chi connectivity index (χ0v) is 13.2. The van der Waals surface area contributed by atoms with Crippen molar-refractivity contribution in [2.45, 2.75) is 19.4 Å². The maximum absolute atomic E-state index is 12.0. The first-order valence-corrected chi connectivity index (χ1v) is 6.95. The van der Waals surface area contributed by atoms with Crippen LogP contribution in [0.3, 0.4) is 0 Å². The van der Waals surface area contributed by atoms with E-state index in [-0.39, 0.29) is 5.56 Å². The van der Waals surface area contributed by atoms with E-state index in [9.17, 15) is 4.79 Å². The highest BCUT2D eigenvalue weighted by molar-refractivity contribution is 9.10. The predicted octanol–water partition coefficient (Wildman–Crippen LogP) is 2.48. The fourth-order valence-corrected chi connectivity index (χ4v) is 2.28. The van der Waals surface area contributed by atoms with Crippen molar-refractivity contribution in [2.75, 3.05) is 5.32 Å². The molecule has 0 atom stereocenters. The summed E-state index contributed by atoms with van der Waals surface area (Å²) >= 11 is 3.36. The summed E-state index contributed by atoms with van der Waals surface area (Å²) in [5, 5.41) is 3.02. The van der Waals surface area contributed by atoms with Crippen molar-refractivity contribution in [1.29, 1.82) is 0 Å². The Labute approximate surface area is 126 Å². The van der Waals surface area contributed by atoms with E-state index in [0.717, 1.165) is 10.0 Å². The molecule has 2 heterocycles. The Hall–Kier alpha value is -1.66. The van der Waals surface area contributed by atoms with Gasteiger partial charge in [0.15, 0.2) is 0 Å². The zero-order chi connectivity index (χ0) is 14.9. The summed E-state index contributed by atoms with van der Waals surface area (Å²) in [6.07, 6.45) is 3.42. The number of nitrogens with zero attached hydrogens (tertiary/aromatic N) is 2. The van der Waals surface area contributed by atoms with Gasteiger partial charge in [-0.15, -0.1) is 0 Å². The van der Waals surface area contributed by atoms with Gasteiger partial charge >= 0.3 is 0 Å². The van der Waals surface area contributed by atoms with Gasteiger partial charge in [0.1, 0.15) is 11.5 Å². The lowest BCUT2D eigenvalue weighted by molar-refractivity contribution is 0.552. The lowest BCUT2D eigenvalue weighted by atomic mass is 9.98. The second-order valence-corrected chi connectivity index (χ2v) is 6.18.